The normalized spacial score (nSPS) is 10.1. The van der Waals surface area contributed by atoms with E-state index in [1.54, 1.807) is 6.20 Å². The quantitative estimate of drug-likeness (QED) is 0.548. The highest BCUT2D eigenvalue weighted by Crippen LogP contribution is 1.90. The highest BCUT2D eigenvalue weighted by Gasteiger charge is 1.92. The van der Waals surface area contributed by atoms with Crippen molar-refractivity contribution in [3.05, 3.63) is 23.5 Å². The van der Waals surface area contributed by atoms with Gasteiger partial charge in [0, 0.05) is 6.92 Å². The number of hydrogen-bond acceptors (Lipinski definition) is 1. The molecule has 11 heavy (non-hydrogen) atoms. The van der Waals surface area contributed by atoms with Gasteiger partial charge in [0.25, 0.3) is 0 Å². The summed E-state index contributed by atoms with van der Waals surface area (Å²) >= 11 is 0. The summed E-state index contributed by atoms with van der Waals surface area (Å²) in [5.41, 5.74) is 7.28. The van der Waals surface area contributed by atoms with Crippen molar-refractivity contribution in [1.29, 1.82) is 0 Å². The smallest absolute Gasteiger partial charge is 0.246 e. The van der Waals surface area contributed by atoms with Gasteiger partial charge in [0.1, 0.15) is 11.9 Å². The third-order valence-electron chi connectivity index (χ3n) is 1.40. The number of carbonyl (C=O) groups excluding carboxylic acids is 1. The second kappa shape index (κ2) is 4.68. The van der Waals surface area contributed by atoms with E-state index in [2.05, 4.69) is 0 Å². The molecular formula is C8H15N2O+. The summed E-state index contributed by atoms with van der Waals surface area (Å²) in [6, 6.07) is 0. The number of quaternary nitrogens is 1. The zero-order valence-corrected chi connectivity index (χ0v) is 7.22. The molecule has 0 rings (SSSR count). The molecule has 0 heterocycles. The molecule has 0 saturated carbocycles. The Kier molecular flexibility index (Phi) is 4.22. The third-order valence-corrected chi connectivity index (χ3v) is 1.40. The first-order valence-electron chi connectivity index (χ1n) is 3.49. The van der Waals surface area contributed by atoms with Crippen molar-refractivity contribution in [2.45, 2.75) is 20.8 Å². The van der Waals surface area contributed by atoms with E-state index in [1.165, 1.54) is 11.6 Å². The zero-order valence-electron chi connectivity index (χ0n) is 7.22. The van der Waals surface area contributed by atoms with Crippen molar-refractivity contribution >= 4 is 5.91 Å². The van der Waals surface area contributed by atoms with E-state index in [0.717, 1.165) is 5.70 Å². The minimum atomic E-state index is -0.414. The fraction of sp³-hybridized carbons (Fsp3) is 0.375. The van der Waals surface area contributed by atoms with Crippen LogP contribution < -0.4 is 11.1 Å². The van der Waals surface area contributed by atoms with Crippen LogP contribution in [0.3, 0.4) is 0 Å². The Morgan fingerprint density at radius 3 is 2.27 bits per heavy atom. The predicted molar refractivity (Wildman–Crippen MR) is 44.3 cm³/mol. The Labute approximate surface area is 67.0 Å². The van der Waals surface area contributed by atoms with Gasteiger partial charge in [-0.3, -0.25) is 10.1 Å². The molecule has 0 aliphatic carbocycles. The largest absolute Gasteiger partial charge is 0.366 e. The van der Waals surface area contributed by atoms with Crippen molar-refractivity contribution in [2.24, 2.45) is 5.73 Å². The summed E-state index contributed by atoms with van der Waals surface area (Å²) in [7, 11) is 0. The van der Waals surface area contributed by atoms with E-state index in [9.17, 15) is 4.79 Å². The number of primary amides is 1. The molecule has 0 aromatic heterocycles. The van der Waals surface area contributed by atoms with Crippen LogP contribution in [0.25, 0.3) is 0 Å². The molecule has 0 unspecified atom stereocenters. The van der Waals surface area contributed by atoms with Crippen molar-refractivity contribution in [1.82, 2.24) is 0 Å². The maximum absolute atomic E-state index is 10.3. The SMILES string of the molecule is CC(C)=C(C)[NH2+]C=CC(N)=O. The van der Waals surface area contributed by atoms with Crippen LogP contribution in [-0.4, -0.2) is 5.91 Å². The van der Waals surface area contributed by atoms with Crippen LogP contribution in [0.15, 0.2) is 23.5 Å². The topological polar surface area (TPSA) is 59.7 Å². The number of rotatable bonds is 3. The average Bonchev–Trinajstić information content (AvgIpc) is 1.86. The van der Waals surface area contributed by atoms with Crippen LogP contribution in [0, 0.1) is 0 Å². The molecule has 0 fully saturated rings. The molecule has 0 radical (unpaired) electrons. The molecule has 4 N–H and O–H groups in total. The van der Waals surface area contributed by atoms with E-state index < -0.39 is 5.91 Å². The number of amides is 1. The lowest BCUT2D eigenvalue weighted by Gasteiger charge is -1.94. The van der Waals surface area contributed by atoms with Crippen molar-refractivity contribution in [3.63, 3.8) is 0 Å². The number of nitrogens with two attached hydrogens (primary N) is 2. The Morgan fingerprint density at radius 1 is 1.36 bits per heavy atom. The van der Waals surface area contributed by atoms with Gasteiger partial charge >= 0.3 is 0 Å². The van der Waals surface area contributed by atoms with Crippen LogP contribution >= 0.6 is 0 Å². The summed E-state index contributed by atoms with van der Waals surface area (Å²) in [6.07, 6.45) is 3.00. The highest BCUT2D eigenvalue weighted by atomic mass is 16.1. The van der Waals surface area contributed by atoms with Crippen LogP contribution in [0.5, 0.6) is 0 Å². The number of allylic oxidation sites excluding steroid dienone is 2. The monoisotopic (exact) mass is 155 g/mol. The lowest BCUT2D eigenvalue weighted by atomic mass is 10.3. The van der Waals surface area contributed by atoms with Crippen LogP contribution in [0.1, 0.15) is 20.8 Å². The van der Waals surface area contributed by atoms with Gasteiger partial charge in [-0.15, -0.1) is 0 Å². The molecule has 3 nitrogen and oxygen atoms in total. The van der Waals surface area contributed by atoms with E-state index in [1.807, 2.05) is 26.1 Å². The molecule has 0 aromatic rings. The molecule has 0 aliphatic heterocycles. The Hall–Kier alpha value is -1.09. The molecule has 0 spiro atoms. The maximum atomic E-state index is 10.3. The van der Waals surface area contributed by atoms with Crippen LogP contribution in [0.2, 0.25) is 0 Å². The lowest BCUT2D eigenvalue weighted by molar-refractivity contribution is -0.535. The molecule has 0 atom stereocenters. The molecular weight excluding hydrogens is 140 g/mol. The van der Waals surface area contributed by atoms with Gasteiger partial charge in [0.15, 0.2) is 0 Å². The average molecular weight is 155 g/mol. The standard InChI is InChI=1S/C8H14N2O/c1-6(2)7(3)10-5-4-8(9)11/h4-5,10H,1-3H3,(H2,9,11)/p+1. The minimum Gasteiger partial charge on any atom is -0.366 e. The predicted octanol–water partition coefficient (Wildman–Crippen LogP) is -0.137. The molecule has 0 aliphatic rings. The molecule has 0 saturated heterocycles. The first-order valence-corrected chi connectivity index (χ1v) is 3.49. The highest BCUT2D eigenvalue weighted by molar-refractivity contribution is 5.85. The van der Waals surface area contributed by atoms with E-state index in [-0.39, 0.29) is 0 Å². The van der Waals surface area contributed by atoms with Crippen molar-refractivity contribution in [3.8, 4) is 0 Å². The van der Waals surface area contributed by atoms with Crippen LogP contribution in [-0.2, 0) is 4.79 Å². The molecule has 1 amide bonds. The molecule has 62 valence electrons. The summed E-state index contributed by atoms with van der Waals surface area (Å²) in [5.74, 6) is -0.414. The Morgan fingerprint density at radius 2 is 1.91 bits per heavy atom. The van der Waals surface area contributed by atoms with Crippen molar-refractivity contribution < 1.29 is 10.1 Å². The molecule has 3 heteroatoms. The van der Waals surface area contributed by atoms with Gasteiger partial charge in [-0.05, 0) is 19.4 Å². The summed E-state index contributed by atoms with van der Waals surface area (Å²) in [5, 5.41) is 1.86. The Balaban J connectivity index is 3.90. The van der Waals surface area contributed by atoms with Gasteiger partial charge in [-0.25, -0.2) is 0 Å². The first kappa shape index (κ1) is 9.91. The van der Waals surface area contributed by atoms with Gasteiger partial charge in [-0.2, -0.15) is 0 Å². The second-order valence-electron chi connectivity index (χ2n) is 2.61. The minimum absolute atomic E-state index is 0.414. The van der Waals surface area contributed by atoms with E-state index in [4.69, 9.17) is 5.73 Å². The van der Waals surface area contributed by atoms with Crippen molar-refractivity contribution in [2.75, 3.05) is 0 Å². The van der Waals surface area contributed by atoms with Crippen LogP contribution in [0.4, 0.5) is 0 Å². The van der Waals surface area contributed by atoms with Gasteiger partial charge < -0.3 is 5.73 Å². The van der Waals surface area contributed by atoms with E-state index >= 15 is 0 Å². The maximum Gasteiger partial charge on any atom is 0.246 e. The summed E-state index contributed by atoms with van der Waals surface area (Å²) < 4.78 is 0. The first-order chi connectivity index (χ1) is 5.04. The molecule has 0 bridgehead atoms. The van der Waals surface area contributed by atoms with Gasteiger partial charge in [0.05, 0.1) is 6.08 Å². The third kappa shape index (κ3) is 5.36. The molecule has 0 aromatic carbocycles. The zero-order chi connectivity index (χ0) is 8.85. The fourth-order valence-corrected chi connectivity index (χ4v) is 0.454. The van der Waals surface area contributed by atoms with E-state index in [0.29, 0.717) is 0 Å². The number of carbonyl (C=O) groups is 1. The lowest BCUT2D eigenvalue weighted by Crippen LogP contribution is -2.75. The summed E-state index contributed by atoms with van der Waals surface area (Å²) in [4.78, 5) is 10.3. The van der Waals surface area contributed by atoms with Gasteiger partial charge in [0.2, 0.25) is 5.91 Å². The second-order valence-corrected chi connectivity index (χ2v) is 2.61. The Bertz CT molecular complexity index is 200. The number of hydrogen-bond donors (Lipinski definition) is 2. The fourth-order valence-electron chi connectivity index (χ4n) is 0.454. The summed E-state index contributed by atoms with van der Waals surface area (Å²) in [6.45, 7) is 6.02. The van der Waals surface area contributed by atoms with Gasteiger partial charge in [-0.1, -0.05) is 0 Å².